The van der Waals surface area contributed by atoms with Crippen molar-refractivity contribution >= 4 is 29.3 Å². The van der Waals surface area contributed by atoms with E-state index in [1.165, 1.54) is 11.0 Å². The molecule has 0 saturated carbocycles. The Morgan fingerprint density at radius 2 is 2.22 bits per heavy atom. The van der Waals surface area contributed by atoms with Gasteiger partial charge in [0.05, 0.1) is 6.42 Å². The molecule has 0 saturated heterocycles. The smallest absolute Gasteiger partial charge is 0.305 e. The minimum absolute atomic E-state index is 0.0224. The zero-order valence-electron chi connectivity index (χ0n) is 10.5. The van der Waals surface area contributed by atoms with Gasteiger partial charge in [0.2, 0.25) is 5.91 Å². The third-order valence-corrected chi connectivity index (χ3v) is 3.55. The van der Waals surface area contributed by atoms with E-state index in [0.717, 1.165) is 10.4 Å². The summed E-state index contributed by atoms with van der Waals surface area (Å²) in [5, 5.41) is 10.6. The van der Waals surface area contributed by atoms with Gasteiger partial charge in [0.15, 0.2) is 0 Å². The van der Waals surface area contributed by atoms with Crippen molar-refractivity contribution in [3.63, 3.8) is 0 Å². The standard InChI is InChI=1S/C13H17NO3S/c1-3-14(8-6-13(16)17)12(15)5-4-11-10(2)7-9-18-11/h4-5,7,9H,3,6,8H2,1-2H3,(H,16,17)/b5-4+. The Hall–Kier alpha value is -1.62. The summed E-state index contributed by atoms with van der Waals surface area (Å²) < 4.78 is 0. The van der Waals surface area contributed by atoms with Gasteiger partial charge < -0.3 is 10.0 Å². The van der Waals surface area contributed by atoms with Crippen LogP contribution in [-0.2, 0) is 9.59 Å². The highest BCUT2D eigenvalue weighted by atomic mass is 32.1. The van der Waals surface area contributed by atoms with Crippen molar-refractivity contribution in [3.8, 4) is 0 Å². The second kappa shape index (κ2) is 6.96. The number of hydrogen-bond donors (Lipinski definition) is 1. The molecule has 98 valence electrons. The highest BCUT2D eigenvalue weighted by Gasteiger charge is 2.10. The van der Waals surface area contributed by atoms with E-state index >= 15 is 0 Å². The summed E-state index contributed by atoms with van der Waals surface area (Å²) in [6.45, 7) is 4.59. The van der Waals surface area contributed by atoms with Gasteiger partial charge in [0, 0.05) is 24.0 Å². The molecule has 0 bridgehead atoms. The fourth-order valence-corrected chi connectivity index (χ4v) is 2.28. The molecule has 1 rings (SSSR count). The minimum Gasteiger partial charge on any atom is -0.481 e. The average molecular weight is 267 g/mol. The second-order valence-corrected chi connectivity index (χ2v) is 4.81. The Labute approximate surface area is 111 Å². The van der Waals surface area contributed by atoms with E-state index in [4.69, 9.17) is 5.11 Å². The number of carboxylic acids is 1. The molecule has 0 fully saturated rings. The number of aliphatic carboxylic acids is 1. The molecule has 0 unspecified atom stereocenters. The number of aryl methyl sites for hydroxylation is 1. The number of rotatable bonds is 6. The third kappa shape index (κ3) is 4.33. The fourth-order valence-electron chi connectivity index (χ4n) is 1.46. The Balaban J connectivity index is 2.59. The number of carbonyl (C=O) groups is 2. The van der Waals surface area contributed by atoms with E-state index in [0.29, 0.717) is 6.54 Å². The van der Waals surface area contributed by atoms with Gasteiger partial charge in [-0.3, -0.25) is 9.59 Å². The first-order valence-electron chi connectivity index (χ1n) is 5.77. The van der Waals surface area contributed by atoms with Crippen molar-refractivity contribution in [2.75, 3.05) is 13.1 Å². The highest BCUT2D eigenvalue weighted by molar-refractivity contribution is 7.11. The fraction of sp³-hybridized carbons (Fsp3) is 0.385. The number of amides is 1. The summed E-state index contributed by atoms with van der Waals surface area (Å²) in [6, 6.07) is 2.00. The van der Waals surface area contributed by atoms with Gasteiger partial charge in [0.25, 0.3) is 0 Å². The van der Waals surface area contributed by atoms with Crippen LogP contribution in [0.5, 0.6) is 0 Å². The second-order valence-electron chi connectivity index (χ2n) is 3.86. The monoisotopic (exact) mass is 267 g/mol. The maximum atomic E-state index is 11.8. The Kier molecular flexibility index (Phi) is 5.58. The van der Waals surface area contributed by atoms with Crippen molar-refractivity contribution in [1.82, 2.24) is 4.90 Å². The molecule has 5 heteroatoms. The molecule has 1 aromatic heterocycles. The molecule has 4 nitrogen and oxygen atoms in total. The van der Waals surface area contributed by atoms with E-state index in [1.807, 2.05) is 25.3 Å². The van der Waals surface area contributed by atoms with Crippen LogP contribution < -0.4 is 0 Å². The number of carbonyl (C=O) groups excluding carboxylic acids is 1. The van der Waals surface area contributed by atoms with Crippen LogP contribution in [0.25, 0.3) is 6.08 Å². The maximum absolute atomic E-state index is 11.8. The average Bonchev–Trinajstić information content (AvgIpc) is 2.72. The van der Waals surface area contributed by atoms with Crippen molar-refractivity contribution < 1.29 is 14.7 Å². The van der Waals surface area contributed by atoms with Crippen molar-refractivity contribution in [1.29, 1.82) is 0 Å². The van der Waals surface area contributed by atoms with Crippen molar-refractivity contribution in [2.24, 2.45) is 0 Å². The number of likely N-dealkylation sites (N-methyl/N-ethyl adjacent to an activating group) is 1. The lowest BCUT2D eigenvalue weighted by Crippen LogP contribution is -2.31. The summed E-state index contributed by atoms with van der Waals surface area (Å²) >= 11 is 1.58. The predicted octanol–water partition coefficient (Wildman–Crippen LogP) is 2.39. The molecule has 1 heterocycles. The minimum atomic E-state index is -0.890. The molecule has 1 aromatic rings. The molecule has 0 aromatic carbocycles. The first-order chi connectivity index (χ1) is 8.54. The molecule has 0 atom stereocenters. The maximum Gasteiger partial charge on any atom is 0.305 e. The Bertz CT molecular complexity index is 451. The number of hydrogen-bond acceptors (Lipinski definition) is 3. The van der Waals surface area contributed by atoms with Gasteiger partial charge in [-0.15, -0.1) is 11.3 Å². The molecule has 0 spiro atoms. The summed E-state index contributed by atoms with van der Waals surface area (Å²) in [5.41, 5.74) is 1.14. The first-order valence-corrected chi connectivity index (χ1v) is 6.65. The number of thiophene rings is 1. The highest BCUT2D eigenvalue weighted by Crippen LogP contribution is 2.17. The van der Waals surface area contributed by atoms with Gasteiger partial charge >= 0.3 is 5.97 Å². The van der Waals surface area contributed by atoms with Gasteiger partial charge in [0.1, 0.15) is 0 Å². The lowest BCUT2D eigenvalue weighted by molar-refractivity contribution is -0.137. The lowest BCUT2D eigenvalue weighted by atomic mass is 10.2. The van der Waals surface area contributed by atoms with Gasteiger partial charge in [-0.25, -0.2) is 0 Å². The van der Waals surface area contributed by atoms with Crippen LogP contribution in [0.2, 0.25) is 0 Å². The van der Waals surface area contributed by atoms with Gasteiger partial charge in [-0.1, -0.05) is 0 Å². The Morgan fingerprint density at radius 1 is 1.50 bits per heavy atom. The van der Waals surface area contributed by atoms with Crippen molar-refractivity contribution in [2.45, 2.75) is 20.3 Å². The molecule has 0 radical (unpaired) electrons. The van der Waals surface area contributed by atoms with Crippen LogP contribution in [0, 0.1) is 6.92 Å². The van der Waals surface area contributed by atoms with E-state index in [1.54, 1.807) is 17.4 Å². The topological polar surface area (TPSA) is 57.6 Å². The van der Waals surface area contributed by atoms with Crippen LogP contribution in [0.4, 0.5) is 0 Å². The lowest BCUT2D eigenvalue weighted by Gasteiger charge is -2.17. The summed E-state index contributed by atoms with van der Waals surface area (Å²) in [5.74, 6) is -1.04. The normalized spacial score (nSPS) is 10.8. The molecular formula is C13H17NO3S. The summed E-state index contributed by atoms with van der Waals surface area (Å²) in [7, 11) is 0. The van der Waals surface area contributed by atoms with Gasteiger partial charge in [-0.05, 0) is 36.9 Å². The quantitative estimate of drug-likeness (QED) is 0.805. The first kappa shape index (κ1) is 14.4. The summed E-state index contributed by atoms with van der Waals surface area (Å²) in [4.78, 5) is 24.9. The molecule has 0 aliphatic carbocycles. The van der Waals surface area contributed by atoms with E-state index in [-0.39, 0.29) is 18.9 Å². The van der Waals surface area contributed by atoms with Crippen molar-refractivity contribution in [3.05, 3.63) is 28.0 Å². The molecule has 1 N–H and O–H groups in total. The van der Waals surface area contributed by atoms with E-state index in [9.17, 15) is 9.59 Å². The van der Waals surface area contributed by atoms with Crippen LogP contribution in [0.3, 0.4) is 0 Å². The van der Waals surface area contributed by atoms with E-state index in [2.05, 4.69) is 0 Å². The third-order valence-electron chi connectivity index (χ3n) is 2.57. The van der Waals surface area contributed by atoms with Crippen LogP contribution in [-0.4, -0.2) is 35.0 Å². The van der Waals surface area contributed by atoms with Crippen LogP contribution in [0.1, 0.15) is 23.8 Å². The molecule has 0 aliphatic rings. The van der Waals surface area contributed by atoms with E-state index < -0.39 is 5.97 Å². The number of nitrogens with zero attached hydrogens (tertiary/aromatic N) is 1. The molecule has 1 amide bonds. The zero-order chi connectivity index (χ0) is 13.5. The predicted molar refractivity (Wildman–Crippen MR) is 72.6 cm³/mol. The molecule has 18 heavy (non-hydrogen) atoms. The molecule has 0 aliphatic heterocycles. The molecular weight excluding hydrogens is 250 g/mol. The number of carboxylic acid groups (broad SMARTS) is 1. The zero-order valence-corrected chi connectivity index (χ0v) is 11.4. The van der Waals surface area contributed by atoms with Crippen LogP contribution >= 0.6 is 11.3 Å². The summed E-state index contributed by atoms with van der Waals surface area (Å²) in [6.07, 6.45) is 3.27. The van der Waals surface area contributed by atoms with Gasteiger partial charge in [-0.2, -0.15) is 0 Å². The SMILES string of the molecule is CCN(CCC(=O)O)C(=O)/C=C/c1sccc1C. The largest absolute Gasteiger partial charge is 0.481 e. The van der Waals surface area contributed by atoms with Crippen LogP contribution in [0.15, 0.2) is 17.5 Å². The Morgan fingerprint density at radius 3 is 2.72 bits per heavy atom.